The first-order valence-corrected chi connectivity index (χ1v) is 18.8. The largest absolute Gasteiger partial charge is 0.480 e. The highest BCUT2D eigenvalue weighted by atomic mass is 16.4. The van der Waals surface area contributed by atoms with E-state index < -0.39 is 30.3 Å². The Hall–Kier alpha value is -5.07. The number of pyridine rings is 2. The summed E-state index contributed by atoms with van der Waals surface area (Å²) in [5.74, 6) is -2.46. The van der Waals surface area contributed by atoms with Crippen LogP contribution in [-0.2, 0) is 16.1 Å². The predicted molar refractivity (Wildman–Crippen MR) is 205 cm³/mol. The van der Waals surface area contributed by atoms with Crippen LogP contribution in [0, 0.1) is 5.92 Å². The molecule has 1 aliphatic heterocycles. The highest BCUT2D eigenvalue weighted by molar-refractivity contribution is 5.97. The van der Waals surface area contributed by atoms with Crippen molar-refractivity contribution in [3.63, 3.8) is 0 Å². The van der Waals surface area contributed by atoms with E-state index in [1.165, 1.54) is 18.3 Å². The van der Waals surface area contributed by atoms with Crippen LogP contribution in [-0.4, -0.2) is 68.9 Å². The number of fused-ring (bicyclic) bond motifs is 1. The maximum Gasteiger partial charge on any atom is 0.336 e. The molecule has 2 aromatic heterocycles. The van der Waals surface area contributed by atoms with Crippen molar-refractivity contribution in [2.75, 3.05) is 36.0 Å². The lowest BCUT2D eigenvalue weighted by Gasteiger charge is -2.36. The number of benzene rings is 2. The van der Waals surface area contributed by atoms with Gasteiger partial charge in [-0.1, -0.05) is 87.4 Å². The number of rotatable bonds is 20. The summed E-state index contributed by atoms with van der Waals surface area (Å²) in [6.45, 7) is 1.98. The lowest BCUT2D eigenvalue weighted by atomic mass is 9.95. The van der Waals surface area contributed by atoms with Crippen LogP contribution < -0.4 is 20.7 Å². The third-order valence-electron chi connectivity index (χ3n) is 9.99. The standard InChI is InChI=1S/C41H51N5O7/c47-37-21-20-32(28-45(37)29-38(48)49)46(40(51)31-16-14-23-44(27-31)36-26-42-25-30-15-8-9-17-33(30)36)24-13-7-5-3-1-2-4-6-12-22-43-39(50)34-18-10-11-19-35(34)41(52)53/h8-11,15,17-21,25-26,28,31,39,43,50H,1-7,12-14,16,22-24,27,29H2,(H,48,49)(H,52,53)/t31-,39?/m0/s1. The molecule has 0 bridgehead atoms. The zero-order valence-corrected chi connectivity index (χ0v) is 30.2. The molecule has 1 aliphatic rings. The molecular formula is C41H51N5O7. The average Bonchev–Trinajstić information content (AvgIpc) is 3.17. The Morgan fingerprint density at radius 1 is 0.868 bits per heavy atom. The number of carbonyl (C=O) groups is 3. The molecule has 282 valence electrons. The van der Waals surface area contributed by atoms with Crippen LogP contribution in [0.25, 0.3) is 10.8 Å². The number of aliphatic hydroxyl groups excluding tert-OH is 1. The number of aromatic nitrogens is 2. The van der Waals surface area contributed by atoms with E-state index in [2.05, 4.69) is 21.3 Å². The Kier molecular flexibility index (Phi) is 14.5. The van der Waals surface area contributed by atoms with Crippen molar-refractivity contribution in [3.8, 4) is 0 Å². The molecule has 4 N–H and O–H groups in total. The molecule has 1 amide bonds. The number of carbonyl (C=O) groups excluding carboxylic acids is 1. The van der Waals surface area contributed by atoms with E-state index in [0.29, 0.717) is 30.9 Å². The van der Waals surface area contributed by atoms with Crippen molar-refractivity contribution in [2.45, 2.75) is 83.4 Å². The maximum atomic E-state index is 14.3. The number of aromatic carboxylic acids is 1. The van der Waals surface area contributed by atoms with Crippen LogP contribution in [0.3, 0.4) is 0 Å². The number of hydrogen-bond acceptors (Lipinski definition) is 8. The Morgan fingerprint density at radius 2 is 1.57 bits per heavy atom. The molecule has 1 unspecified atom stereocenters. The van der Waals surface area contributed by atoms with Gasteiger partial charge in [0.1, 0.15) is 12.8 Å². The van der Waals surface area contributed by atoms with Gasteiger partial charge >= 0.3 is 11.9 Å². The Labute approximate surface area is 310 Å². The molecule has 4 aromatic rings. The highest BCUT2D eigenvalue weighted by Crippen LogP contribution is 2.31. The molecule has 1 fully saturated rings. The van der Waals surface area contributed by atoms with Gasteiger partial charge in [0.05, 0.1) is 29.1 Å². The third kappa shape index (κ3) is 11.0. The lowest BCUT2D eigenvalue weighted by molar-refractivity contribution is -0.137. The fourth-order valence-electron chi connectivity index (χ4n) is 7.20. The lowest BCUT2D eigenvalue weighted by Crippen LogP contribution is -2.45. The number of carboxylic acid groups (broad SMARTS) is 2. The number of aliphatic hydroxyl groups is 1. The average molecular weight is 726 g/mol. The molecule has 12 nitrogen and oxygen atoms in total. The van der Waals surface area contributed by atoms with E-state index in [0.717, 1.165) is 98.2 Å². The van der Waals surface area contributed by atoms with Crippen LogP contribution >= 0.6 is 0 Å². The van der Waals surface area contributed by atoms with Crippen molar-refractivity contribution < 1.29 is 29.7 Å². The van der Waals surface area contributed by atoms with E-state index >= 15 is 0 Å². The minimum atomic E-state index is -1.12. The summed E-state index contributed by atoms with van der Waals surface area (Å²) in [5.41, 5.74) is 1.58. The van der Waals surface area contributed by atoms with Crippen LogP contribution in [0.1, 0.15) is 92.8 Å². The number of unbranched alkanes of at least 4 members (excludes halogenated alkanes) is 8. The summed E-state index contributed by atoms with van der Waals surface area (Å²) in [4.78, 5) is 58.0. The normalized spacial score (nSPS) is 15.0. The molecule has 0 aliphatic carbocycles. The summed E-state index contributed by atoms with van der Waals surface area (Å²) in [5, 5.41) is 34.3. The number of nitrogens with one attached hydrogen (secondary N) is 1. The number of nitrogens with zero attached hydrogens (tertiary/aromatic N) is 4. The second-order valence-corrected chi connectivity index (χ2v) is 13.8. The van der Waals surface area contributed by atoms with Gasteiger partial charge in [-0.15, -0.1) is 0 Å². The van der Waals surface area contributed by atoms with Gasteiger partial charge in [0.2, 0.25) is 5.91 Å². The number of hydrogen-bond donors (Lipinski definition) is 4. The van der Waals surface area contributed by atoms with Gasteiger partial charge in [0, 0.05) is 54.4 Å². The van der Waals surface area contributed by atoms with Gasteiger partial charge in [0.15, 0.2) is 0 Å². The summed E-state index contributed by atoms with van der Waals surface area (Å²) < 4.78 is 1.14. The highest BCUT2D eigenvalue weighted by Gasteiger charge is 2.31. The Balaban J connectivity index is 1.09. The summed E-state index contributed by atoms with van der Waals surface area (Å²) in [6, 6.07) is 17.5. The van der Waals surface area contributed by atoms with Crippen LogP contribution in [0.4, 0.5) is 11.4 Å². The summed E-state index contributed by atoms with van der Waals surface area (Å²) in [6.07, 6.45) is 14.8. The van der Waals surface area contributed by atoms with Crippen LogP contribution in [0.15, 0.2) is 84.0 Å². The van der Waals surface area contributed by atoms with Gasteiger partial charge < -0.3 is 29.7 Å². The van der Waals surface area contributed by atoms with Crippen LogP contribution in [0.5, 0.6) is 0 Å². The van der Waals surface area contributed by atoms with Gasteiger partial charge in [-0.25, -0.2) is 4.79 Å². The van der Waals surface area contributed by atoms with E-state index in [1.54, 1.807) is 29.2 Å². The first kappa shape index (κ1) is 39.1. The zero-order valence-electron chi connectivity index (χ0n) is 30.2. The van der Waals surface area contributed by atoms with Gasteiger partial charge in [0.25, 0.3) is 5.56 Å². The Morgan fingerprint density at radius 3 is 2.32 bits per heavy atom. The fraction of sp³-hybridized carbons (Fsp3) is 0.439. The number of aliphatic carboxylic acids is 1. The molecule has 5 rings (SSSR count). The quantitative estimate of drug-likeness (QED) is 0.0607. The predicted octanol–water partition coefficient (Wildman–Crippen LogP) is 6.22. The van der Waals surface area contributed by atoms with E-state index in [9.17, 15) is 34.5 Å². The summed E-state index contributed by atoms with van der Waals surface area (Å²) >= 11 is 0. The number of piperidine rings is 1. The Bertz CT molecular complexity index is 1890. The van der Waals surface area contributed by atoms with Crippen molar-refractivity contribution >= 4 is 40.0 Å². The van der Waals surface area contributed by atoms with Crippen molar-refractivity contribution in [1.29, 1.82) is 0 Å². The number of carboxylic acids is 2. The molecule has 53 heavy (non-hydrogen) atoms. The number of anilines is 2. The van der Waals surface area contributed by atoms with Crippen molar-refractivity contribution in [3.05, 3.63) is 101 Å². The van der Waals surface area contributed by atoms with Gasteiger partial charge in [-0.3, -0.25) is 24.7 Å². The molecule has 12 heteroatoms. The fourth-order valence-corrected chi connectivity index (χ4v) is 7.20. The van der Waals surface area contributed by atoms with E-state index in [4.69, 9.17) is 0 Å². The monoisotopic (exact) mass is 725 g/mol. The molecule has 2 atom stereocenters. The van der Waals surface area contributed by atoms with Crippen molar-refractivity contribution in [1.82, 2.24) is 14.9 Å². The first-order valence-electron chi connectivity index (χ1n) is 18.8. The molecule has 0 radical (unpaired) electrons. The molecule has 0 saturated carbocycles. The topological polar surface area (TPSA) is 165 Å². The zero-order chi connectivity index (χ0) is 37.6. The van der Waals surface area contributed by atoms with Gasteiger partial charge in [-0.2, -0.15) is 0 Å². The molecule has 2 aromatic carbocycles. The molecule has 1 saturated heterocycles. The molecule has 0 spiro atoms. The third-order valence-corrected chi connectivity index (χ3v) is 9.99. The van der Waals surface area contributed by atoms with Crippen LogP contribution in [0.2, 0.25) is 0 Å². The van der Waals surface area contributed by atoms with E-state index in [1.807, 2.05) is 30.6 Å². The smallest absolute Gasteiger partial charge is 0.336 e. The molecular weight excluding hydrogens is 674 g/mol. The van der Waals surface area contributed by atoms with Crippen molar-refractivity contribution in [2.24, 2.45) is 5.92 Å². The second kappa shape index (κ2) is 19.7. The second-order valence-electron chi connectivity index (χ2n) is 13.8. The minimum absolute atomic E-state index is 0.0171. The summed E-state index contributed by atoms with van der Waals surface area (Å²) in [7, 11) is 0. The maximum absolute atomic E-state index is 14.3. The van der Waals surface area contributed by atoms with Gasteiger partial charge in [-0.05, 0) is 44.4 Å². The first-order chi connectivity index (χ1) is 25.7. The van der Waals surface area contributed by atoms with E-state index in [-0.39, 0.29) is 17.4 Å². The minimum Gasteiger partial charge on any atom is -0.480 e. The number of amides is 1. The SMILES string of the molecule is O=C(O)Cn1cc(N(CCCCCCCCCCCNC(O)c2ccccc2C(=O)O)C(=O)[C@H]2CCCN(c3cncc4ccccc34)C2)ccc1=O. The molecule has 3 heterocycles.